The first-order valence-electron chi connectivity index (χ1n) is 9.87. The molecule has 32 heavy (non-hydrogen) atoms. The Morgan fingerprint density at radius 3 is 2.41 bits per heavy atom. The molecule has 0 spiro atoms. The number of ether oxygens (including phenoxy) is 2. The van der Waals surface area contributed by atoms with E-state index in [0.717, 1.165) is 0 Å². The van der Waals surface area contributed by atoms with E-state index in [1.807, 2.05) is 6.92 Å². The fourth-order valence-electron chi connectivity index (χ4n) is 2.41. The summed E-state index contributed by atoms with van der Waals surface area (Å²) < 4.78 is 11.1. The largest absolute Gasteiger partial charge is 0.490 e. The highest BCUT2D eigenvalue weighted by Crippen LogP contribution is 2.28. The molecule has 0 aliphatic carbocycles. The molecule has 0 radical (unpaired) electrons. The third kappa shape index (κ3) is 8.27. The van der Waals surface area contributed by atoms with Crippen LogP contribution < -0.4 is 25.5 Å². The van der Waals surface area contributed by atoms with Crippen molar-refractivity contribution in [1.29, 1.82) is 0 Å². The summed E-state index contributed by atoms with van der Waals surface area (Å²) in [6.45, 7) is 5.45. The lowest BCUT2D eigenvalue weighted by molar-refractivity contribution is -0.139. The van der Waals surface area contributed by atoms with E-state index < -0.39 is 11.8 Å². The van der Waals surface area contributed by atoms with Crippen LogP contribution >= 0.6 is 11.6 Å². The highest BCUT2D eigenvalue weighted by Gasteiger charge is 2.13. The average molecular weight is 461 g/mol. The molecular formula is C22H25ClN4O5. The number of carbonyl (C=O) groups excluding carboxylic acids is 3. The summed E-state index contributed by atoms with van der Waals surface area (Å²) in [6, 6.07) is 11.5. The first kappa shape index (κ1) is 24.7. The maximum atomic E-state index is 12.1. The molecule has 0 heterocycles. The average Bonchev–Trinajstić information content (AvgIpc) is 2.74. The number of hydrogen-bond acceptors (Lipinski definition) is 6. The molecule has 10 heteroatoms. The van der Waals surface area contributed by atoms with Crippen LogP contribution in [0.2, 0.25) is 5.02 Å². The molecule has 0 unspecified atom stereocenters. The minimum absolute atomic E-state index is 0.160. The van der Waals surface area contributed by atoms with E-state index in [0.29, 0.717) is 34.4 Å². The summed E-state index contributed by atoms with van der Waals surface area (Å²) in [5.41, 5.74) is 3.35. The van der Waals surface area contributed by atoms with Crippen molar-refractivity contribution in [2.24, 2.45) is 5.10 Å². The second-order valence-electron chi connectivity index (χ2n) is 6.81. The van der Waals surface area contributed by atoms with Gasteiger partial charge in [0.2, 0.25) is 0 Å². The zero-order valence-electron chi connectivity index (χ0n) is 18.0. The number of anilines is 1. The Kier molecular flexibility index (Phi) is 9.49. The first-order chi connectivity index (χ1) is 15.3. The Labute approximate surface area is 191 Å². The van der Waals surface area contributed by atoms with Gasteiger partial charge in [0, 0.05) is 16.8 Å². The van der Waals surface area contributed by atoms with Crippen LogP contribution in [0.15, 0.2) is 47.6 Å². The first-order valence-corrected chi connectivity index (χ1v) is 10.2. The highest BCUT2D eigenvalue weighted by molar-refractivity contribution is 6.35. The maximum Gasteiger partial charge on any atom is 0.329 e. The van der Waals surface area contributed by atoms with Crippen LogP contribution in [0.3, 0.4) is 0 Å². The van der Waals surface area contributed by atoms with Crippen molar-refractivity contribution in [3.8, 4) is 11.5 Å². The van der Waals surface area contributed by atoms with Crippen molar-refractivity contribution >= 4 is 41.2 Å². The molecule has 0 saturated heterocycles. The summed E-state index contributed by atoms with van der Waals surface area (Å²) in [5.74, 6) is -1.21. The van der Waals surface area contributed by atoms with Gasteiger partial charge in [-0.2, -0.15) is 5.10 Å². The van der Waals surface area contributed by atoms with E-state index in [2.05, 4.69) is 21.2 Å². The SMILES string of the molecule is CCOc1cc(/C=N\NC(=O)C(=O)NC(C)C)ccc1OCC(=O)Nc1ccc(Cl)cc1. The Balaban J connectivity index is 1.96. The van der Waals surface area contributed by atoms with E-state index >= 15 is 0 Å². The zero-order valence-corrected chi connectivity index (χ0v) is 18.7. The summed E-state index contributed by atoms with van der Waals surface area (Å²) >= 11 is 5.83. The standard InChI is InChI=1S/C22H25ClN4O5/c1-4-31-19-11-15(12-24-27-22(30)21(29)25-14(2)3)5-10-18(19)32-13-20(28)26-17-8-6-16(23)7-9-17/h5-12,14H,4,13H2,1-3H3,(H,25,29)(H,26,28)(H,27,30)/b24-12-. The maximum absolute atomic E-state index is 12.1. The lowest BCUT2D eigenvalue weighted by Crippen LogP contribution is -2.41. The number of rotatable bonds is 9. The predicted octanol–water partition coefficient (Wildman–Crippen LogP) is 2.73. The third-order valence-electron chi connectivity index (χ3n) is 3.76. The second-order valence-corrected chi connectivity index (χ2v) is 7.25. The fraction of sp³-hybridized carbons (Fsp3) is 0.273. The Morgan fingerprint density at radius 1 is 1.03 bits per heavy atom. The minimum atomic E-state index is -0.869. The van der Waals surface area contributed by atoms with Crippen molar-refractivity contribution in [1.82, 2.24) is 10.7 Å². The molecule has 0 aliphatic rings. The van der Waals surface area contributed by atoms with Gasteiger partial charge < -0.3 is 20.1 Å². The molecular weight excluding hydrogens is 436 g/mol. The van der Waals surface area contributed by atoms with Gasteiger partial charge in [0.1, 0.15) is 0 Å². The van der Waals surface area contributed by atoms with E-state index in [9.17, 15) is 14.4 Å². The van der Waals surface area contributed by atoms with Gasteiger partial charge in [-0.15, -0.1) is 0 Å². The van der Waals surface area contributed by atoms with Gasteiger partial charge in [0.15, 0.2) is 18.1 Å². The van der Waals surface area contributed by atoms with E-state index in [-0.39, 0.29) is 18.6 Å². The van der Waals surface area contributed by atoms with Crippen LogP contribution in [-0.2, 0) is 14.4 Å². The molecule has 0 fully saturated rings. The van der Waals surface area contributed by atoms with Crippen LogP contribution in [0.5, 0.6) is 11.5 Å². The summed E-state index contributed by atoms with van der Waals surface area (Å²) in [5, 5.41) is 9.51. The van der Waals surface area contributed by atoms with Crippen molar-refractivity contribution in [2.45, 2.75) is 26.8 Å². The second kappa shape index (κ2) is 12.3. The highest BCUT2D eigenvalue weighted by atomic mass is 35.5. The monoisotopic (exact) mass is 460 g/mol. The van der Waals surface area contributed by atoms with E-state index in [1.165, 1.54) is 6.21 Å². The van der Waals surface area contributed by atoms with Crippen LogP contribution in [0.1, 0.15) is 26.3 Å². The molecule has 0 aromatic heterocycles. The van der Waals surface area contributed by atoms with Crippen LogP contribution in [0, 0.1) is 0 Å². The van der Waals surface area contributed by atoms with Crippen molar-refractivity contribution < 1.29 is 23.9 Å². The van der Waals surface area contributed by atoms with Gasteiger partial charge in [0.25, 0.3) is 5.91 Å². The van der Waals surface area contributed by atoms with Gasteiger partial charge in [-0.3, -0.25) is 14.4 Å². The summed E-state index contributed by atoms with van der Waals surface area (Å²) in [6.07, 6.45) is 1.36. The quantitative estimate of drug-likeness (QED) is 0.302. The van der Waals surface area contributed by atoms with Gasteiger partial charge >= 0.3 is 11.8 Å². The molecule has 9 nitrogen and oxygen atoms in total. The zero-order chi connectivity index (χ0) is 23.5. The van der Waals surface area contributed by atoms with Crippen molar-refractivity contribution in [3.05, 3.63) is 53.1 Å². The van der Waals surface area contributed by atoms with E-state index in [1.54, 1.807) is 56.3 Å². The lowest BCUT2D eigenvalue weighted by Gasteiger charge is -2.12. The molecule has 0 saturated carbocycles. The number of amides is 3. The summed E-state index contributed by atoms with van der Waals surface area (Å²) in [4.78, 5) is 35.4. The molecule has 0 bridgehead atoms. The topological polar surface area (TPSA) is 118 Å². The number of carbonyl (C=O) groups is 3. The Morgan fingerprint density at radius 2 is 1.75 bits per heavy atom. The van der Waals surface area contributed by atoms with Gasteiger partial charge in [-0.25, -0.2) is 5.43 Å². The molecule has 170 valence electrons. The molecule has 0 atom stereocenters. The molecule has 2 rings (SSSR count). The fourth-order valence-corrected chi connectivity index (χ4v) is 2.54. The predicted molar refractivity (Wildman–Crippen MR) is 122 cm³/mol. The number of benzene rings is 2. The van der Waals surface area contributed by atoms with Crippen molar-refractivity contribution in [2.75, 3.05) is 18.5 Å². The third-order valence-corrected chi connectivity index (χ3v) is 4.01. The molecule has 2 aromatic rings. The van der Waals surface area contributed by atoms with Gasteiger partial charge in [0.05, 0.1) is 12.8 Å². The molecule has 3 N–H and O–H groups in total. The van der Waals surface area contributed by atoms with Gasteiger partial charge in [-0.1, -0.05) is 11.6 Å². The Hall–Kier alpha value is -3.59. The van der Waals surface area contributed by atoms with Crippen LogP contribution in [0.4, 0.5) is 5.69 Å². The number of hydrazone groups is 1. The lowest BCUT2D eigenvalue weighted by atomic mass is 10.2. The summed E-state index contributed by atoms with van der Waals surface area (Å²) in [7, 11) is 0. The molecule has 0 aliphatic heterocycles. The Bertz CT molecular complexity index is 977. The van der Waals surface area contributed by atoms with Gasteiger partial charge in [-0.05, 0) is 68.8 Å². The van der Waals surface area contributed by atoms with Crippen LogP contribution in [-0.4, -0.2) is 43.2 Å². The van der Waals surface area contributed by atoms with Crippen molar-refractivity contribution in [3.63, 3.8) is 0 Å². The number of nitrogens with zero attached hydrogens (tertiary/aromatic N) is 1. The molecule has 3 amide bonds. The molecule has 2 aromatic carbocycles. The van der Waals surface area contributed by atoms with E-state index in [4.69, 9.17) is 21.1 Å². The minimum Gasteiger partial charge on any atom is -0.490 e. The smallest absolute Gasteiger partial charge is 0.329 e. The van der Waals surface area contributed by atoms with Crippen LogP contribution in [0.25, 0.3) is 0 Å². The number of hydrogen-bond donors (Lipinski definition) is 3. The normalized spacial score (nSPS) is 10.7. The number of halogens is 1. The number of nitrogens with one attached hydrogen (secondary N) is 3.